The number of hydrogen-bond donors (Lipinski definition) is 2. The maximum absolute atomic E-state index is 12.2. The Hall–Kier alpha value is -0.810. The van der Waals surface area contributed by atoms with Crippen molar-refractivity contribution in [3.63, 3.8) is 0 Å². The number of urea groups is 1. The van der Waals surface area contributed by atoms with Crippen LogP contribution in [0.15, 0.2) is 0 Å². The summed E-state index contributed by atoms with van der Waals surface area (Å²) < 4.78 is 11.4. The van der Waals surface area contributed by atoms with Crippen LogP contribution in [-0.4, -0.2) is 44.0 Å². The molecule has 2 N–H and O–H groups in total. The van der Waals surface area contributed by atoms with E-state index in [0.29, 0.717) is 24.5 Å². The van der Waals surface area contributed by atoms with Crippen molar-refractivity contribution in [3.8, 4) is 0 Å². The number of amides is 2. The second-order valence-corrected chi connectivity index (χ2v) is 7.85. The molecule has 1 saturated carbocycles. The number of carbonyl (C=O) groups is 1. The number of ether oxygens (including phenoxy) is 2. The second kappa shape index (κ2) is 7.18. The second-order valence-electron chi connectivity index (χ2n) is 7.85. The number of rotatable bonds is 6. The standard InChI is InChI=1S/C17H32N2O3/c1-11(2)9-21-10-12(3)18-16(20)19-14-13-7-6-8-22-15(13)17(14,4)5/h11-15H,6-10H2,1-5H3,(H2,18,19,20)/t12-,13+,14+,15-/m0/s1. The fraction of sp³-hybridized carbons (Fsp3) is 0.941. The molecule has 1 aliphatic heterocycles. The molecule has 0 radical (unpaired) electrons. The highest BCUT2D eigenvalue weighted by Crippen LogP contribution is 2.51. The minimum Gasteiger partial charge on any atom is -0.379 e. The fourth-order valence-corrected chi connectivity index (χ4v) is 3.74. The molecule has 1 aliphatic carbocycles. The van der Waals surface area contributed by atoms with E-state index in [1.807, 2.05) is 6.92 Å². The fourth-order valence-electron chi connectivity index (χ4n) is 3.74. The first-order chi connectivity index (χ1) is 10.3. The molecule has 1 heterocycles. The van der Waals surface area contributed by atoms with Crippen LogP contribution in [0.5, 0.6) is 0 Å². The third kappa shape index (κ3) is 3.93. The average molecular weight is 312 g/mol. The molecule has 4 atom stereocenters. The maximum Gasteiger partial charge on any atom is 0.315 e. The summed E-state index contributed by atoms with van der Waals surface area (Å²) in [6, 6.07) is 0.115. The van der Waals surface area contributed by atoms with Gasteiger partial charge in [-0.1, -0.05) is 27.7 Å². The molecule has 2 amide bonds. The number of nitrogens with one attached hydrogen (secondary N) is 2. The molecule has 2 rings (SSSR count). The van der Waals surface area contributed by atoms with Gasteiger partial charge in [0.15, 0.2) is 0 Å². The lowest BCUT2D eigenvalue weighted by Crippen LogP contribution is -2.71. The molecular formula is C17H32N2O3. The summed E-state index contributed by atoms with van der Waals surface area (Å²) in [5.74, 6) is 0.974. The van der Waals surface area contributed by atoms with Crippen LogP contribution < -0.4 is 10.6 Å². The Morgan fingerprint density at radius 2 is 2.05 bits per heavy atom. The van der Waals surface area contributed by atoms with Gasteiger partial charge in [0.1, 0.15) is 0 Å². The molecule has 0 aromatic carbocycles. The molecule has 1 saturated heterocycles. The van der Waals surface area contributed by atoms with E-state index in [1.165, 1.54) is 0 Å². The summed E-state index contributed by atoms with van der Waals surface area (Å²) in [6.45, 7) is 12.7. The SMILES string of the molecule is CC(C)COC[C@H](C)NC(=O)N[C@@H]1[C@H]2CCCO[C@@H]2C1(C)C. The van der Waals surface area contributed by atoms with E-state index in [0.717, 1.165) is 26.1 Å². The number of carbonyl (C=O) groups excluding carboxylic acids is 1. The molecule has 0 spiro atoms. The molecule has 5 heteroatoms. The predicted octanol–water partition coefficient (Wildman–Crippen LogP) is 2.55. The van der Waals surface area contributed by atoms with Gasteiger partial charge in [0.05, 0.1) is 18.8 Å². The van der Waals surface area contributed by atoms with Crippen LogP contribution in [0.4, 0.5) is 4.79 Å². The van der Waals surface area contributed by atoms with E-state index in [2.05, 4.69) is 38.3 Å². The Morgan fingerprint density at radius 1 is 1.32 bits per heavy atom. The quantitative estimate of drug-likeness (QED) is 0.792. The van der Waals surface area contributed by atoms with Crippen LogP contribution in [0.2, 0.25) is 0 Å². The first-order valence-electron chi connectivity index (χ1n) is 8.58. The third-order valence-electron chi connectivity index (χ3n) is 4.81. The van der Waals surface area contributed by atoms with Crippen molar-refractivity contribution in [3.05, 3.63) is 0 Å². The Kier molecular flexibility index (Phi) is 5.72. The van der Waals surface area contributed by atoms with Gasteiger partial charge in [-0.25, -0.2) is 4.79 Å². The predicted molar refractivity (Wildman–Crippen MR) is 86.8 cm³/mol. The van der Waals surface area contributed by atoms with Crippen molar-refractivity contribution in [2.75, 3.05) is 19.8 Å². The molecule has 0 aromatic rings. The van der Waals surface area contributed by atoms with Crippen molar-refractivity contribution < 1.29 is 14.3 Å². The molecule has 2 fully saturated rings. The summed E-state index contributed by atoms with van der Waals surface area (Å²) in [5, 5.41) is 6.12. The molecule has 128 valence electrons. The van der Waals surface area contributed by atoms with Crippen LogP contribution in [0.1, 0.15) is 47.5 Å². The van der Waals surface area contributed by atoms with Crippen LogP contribution in [0.25, 0.3) is 0 Å². The van der Waals surface area contributed by atoms with Crippen LogP contribution in [0, 0.1) is 17.3 Å². The summed E-state index contributed by atoms with van der Waals surface area (Å²) in [6.07, 6.45) is 2.53. The van der Waals surface area contributed by atoms with E-state index < -0.39 is 0 Å². The molecule has 0 aromatic heterocycles. The molecule has 22 heavy (non-hydrogen) atoms. The molecular weight excluding hydrogens is 280 g/mol. The summed E-state index contributed by atoms with van der Waals surface area (Å²) >= 11 is 0. The number of hydrogen-bond acceptors (Lipinski definition) is 3. The Labute approximate surface area is 134 Å². The lowest BCUT2D eigenvalue weighted by Gasteiger charge is -2.59. The smallest absolute Gasteiger partial charge is 0.315 e. The van der Waals surface area contributed by atoms with Gasteiger partial charge in [-0.2, -0.15) is 0 Å². The van der Waals surface area contributed by atoms with E-state index >= 15 is 0 Å². The van der Waals surface area contributed by atoms with Crippen molar-refractivity contribution in [1.29, 1.82) is 0 Å². The zero-order valence-electron chi connectivity index (χ0n) is 14.6. The van der Waals surface area contributed by atoms with E-state index in [4.69, 9.17) is 9.47 Å². The summed E-state index contributed by atoms with van der Waals surface area (Å²) in [4.78, 5) is 12.2. The van der Waals surface area contributed by atoms with Crippen LogP contribution in [0.3, 0.4) is 0 Å². The highest BCUT2D eigenvalue weighted by Gasteiger charge is 2.58. The van der Waals surface area contributed by atoms with Crippen LogP contribution in [-0.2, 0) is 9.47 Å². The highest BCUT2D eigenvalue weighted by molar-refractivity contribution is 5.75. The Balaban J connectivity index is 1.74. The topological polar surface area (TPSA) is 59.6 Å². The molecule has 5 nitrogen and oxygen atoms in total. The Bertz CT molecular complexity index is 384. The van der Waals surface area contributed by atoms with Gasteiger partial charge in [0.25, 0.3) is 0 Å². The first-order valence-corrected chi connectivity index (χ1v) is 8.58. The monoisotopic (exact) mass is 312 g/mol. The Morgan fingerprint density at radius 3 is 2.73 bits per heavy atom. The van der Waals surface area contributed by atoms with Gasteiger partial charge < -0.3 is 20.1 Å². The molecule has 0 bridgehead atoms. The van der Waals surface area contributed by atoms with Crippen LogP contribution >= 0.6 is 0 Å². The van der Waals surface area contributed by atoms with Gasteiger partial charge >= 0.3 is 6.03 Å². The minimum atomic E-state index is -0.0947. The van der Waals surface area contributed by atoms with E-state index in [9.17, 15) is 4.79 Å². The zero-order chi connectivity index (χ0) is 16.3. The van der Waals surface area contributed by atoms with Gasteiger partial charge in [-0.15, -0.1) is 0 Å². The lowest BCUT2D eigenvalue weighted by atomic mass is 9.55. The zero-order valence-corrected chi connectivity index (χ0v) is 14.6. The number of fused-ring (bicyclic) bond motifs is 1. The average Bonchev–Trinajstić information content (AvgIpc) is 2.44. The van der Waals surface area contributed by atoms with Crippen molar-refractivity contribution >= 4 is 6.03 Å². The minimum absolute atomic E-state index is 0.0137. The van der Waals surface area contributed by atoms with Gasteiger partial charge in [0.2, 0.25) is 0 Å². The van der Waals surface area contributed by atoms with Gasteiger partial charge in [-0.3, -0.25) is 0 Å². The normalized spacial score (nSPS) is 31.1. The third-order valence-corrected chi connectivity index (χ3v) is 4.81. The van der Waals surface area contributed by atoms with Gasteiger partial charge in [0, 0.05) is 30.6 Å². The maximum atomic E-state index is 12.2. The van der Waals surface area contributed by atoms with Gasteiger partial charge in [-0.05, 0) is 25.7 Å². The highest BCUT2D eigenvalue weighted by atomic mass is 16.5. The summed E-state index contributed by atoms with van der Waals surface area (Å²) in [7, 11) is 0. The lowest BCUT2D eigenvalue weighted by molar-refractivity contribution is -0.189. The molecule has 2 aliphatic rings. The van der Waals surface area contributed by atoms with Crippen molar-refractivity contribution in [2.24, 2.45) is 17.3 Å². The van der Waals surface area contributed by atoms with E-state index in [-0.39, 0.29) is 23.5 Å². The first kappa shape index (κ1) is 17.5. The van der Waals surface area contributed by atoms with E-state index in [1.54, 1.807) is 0 Å². The van der Waals surface area contributed by atoms with Crippen molar-refractivity contribution in [1.82, 2.24) is 10.6 Å². The summed E-state index contributed by atoms with van der Waals surface area (Å²) in [5.41, 5.74) is 0.0137. The van der Waals surface area contributed by atoms with Crippen molar-refractivity contribution in [2.45, 2.75) is 65.6 Å². The molecule has 0 unspecified atom stereocenters. The largest absolute Gasteiger partial charge is 0.379 e.